The molecule has 196 valence electrons. The number of nitrogens with zero attached hydrogens (tertiary/aromatic N) is 3. The van der Waals surface area contributed by atoms with E-state index >= 15 is 0 Å². The molecule has 36 heavy (non-hydrogen) atoms. The zero-order valence-corrected chi connectivity index (χ0v) is 23.0. The number of aryl methyl sites for hydroxylation is 1. The largest absolute Gasteiger partial charge is 0.383 e. The van der Waals surface area contributed by atoms with Crippen LogP contribution in [0.15, 0.2) is 30.3 Å². The smallest absolute Gasteiger partial charge is 0.283 e. The van der Waals surface area contributed by atoms with Crippen LogP contribution in [0.5, 0.6) is 0 Å². The Kier molecular flexibility index (Phi) is 9.73. The molecule has 2 heterocycles. The Morgan fingerprint density at radius 1 is 1.08 bits per heavy atom. The lowest BCUT2D eigenvalue weighted by atomic mass is 10.1. The van der Waals surface area contributed by atoms with Crippen LogP contribution in [-0.2, 0) is 16.6 Å². The van der Waals surface area contributed by atoms with Gasteiger partial charge >= 0.3 is 0 Å². The number of unbranched alkanes of at least 4 members (excludes halogenated alkanes) is 3. The molecule has 1 amide bonds. The topological polar surface area (TPSA) is 106 Å². The van der Waals surface area contributed by atoms with E-state index < -0.39 is 15.9 Å². The van der Waals surface area contributed by atoms with Crippen LogP contribution >= 0.6 is 11.6 Å². The number of halogens is 1. The Labute approximate surface area is 218 Å². The van der Waals surface area contributed by atoms with Crippen molar-refractivity contribution < 1.29 is 13.2 Å². The van der Waals surface area contributed by atoms with Crippen molar-refractivity contribution in [3.8, 4) is 0 Å². The number of hydrogen-bond donors (Lipinski definition) is 2. The van der Waals surface area contributed by atoms with Crippen LogP contribution in [0.1, 0.15) is 81.2 Å². The van der Waals surface area contributed by atoms with Gasteiger partial charge in [0.05, 0.1) is 12.3 Å². The summed E-state index contributed by atoms with van der Waals surface area (Å²) in [7, 11) is -3.72. The molecule has 2 aromatic heterocycles. The highest BCUT2D eigenvalue weighted by atomic mass is 35.5. The van der Waals surface area contributed by atoms with Gasteiger partial charge in [-0.05, 0) is 56.5 Å². The SMILES string of the molecule is CCCCCS(=O)(=O)NC(=O)c1ccc2nc(C)n(Cc3ccc(NC(C)CCCC)cc3Cl)c2n1. The van der Waals surface area contributed by atoms with Gasteiger partial charge in [0.1, 0.15) is 17.0 Å². The molecule has 0 saturated heterocycles. The molecule has 0 aliphatic heterocycles. The van der Waals surface area contributed by atoms with E-state index in [4.69, 9.17) is 11.6 Å². The number of rotatable bonds is 13. The van der Waals surface area contributed by atoms with Crippen LogP contribution in [0, 0.1) is 6.92 Å². The van der Waals surface area contributed by atoms with Crippen LogP contribution in [-0.4, -0.2) is 40.7 Å². The van der Waals surface area contributed by atoms with E-state index in [0.29, 0.717) is 41.0 Å². The van der Waals surface area contributed by atoms with Gasteiger partial charge in [-0.1, -0.05) is 57.2 Å². The summed E-state index contributed by atoms with van der Waals surface area (Å²) >= 11 is 6.62. The second kappa shape index (κ2) is 12.5. The Bertz CT molecular complexity index is 1310. The van der Waals surface area contributed by atoms with Crippen molar-refractivity contribution in [2.24, 2.45) is 0 Å². The minimum absolute atomic E-state index is 0.0226. The average molecular weight is 534 g/mol. The van der Waals surface area contributed by atoms with E-state index in [1.807, 2.05) is 36.6 Å². The Morgan fingerprint density at radius 3 is 2.53 bits per heavy atom. The molecule has 0 saturated carbocycles. The number of carbonyl (C=O) groups is 1. The molecule has 10 heteroatoms. The monoisotopic (exact) mass is 533 g/mol. The summed E-state index contributed by atoms with van der Waals surface area (Å²) < 4.78 is 28.5. The van der Waals surface area contributed by atoms with Crippen molar-refractivity contribution in [1.29, 1.82) is 0 Å². The molecule has 0 spiro atoms. The minimum Gasteiger partial charge on any atom is -0.383 e. The lowest BCUT2D eigenvalue weighted by Crippen LogP contribution is -2.33. The molecule has 0 bridgehead atoms. The zero-order chi connectivity index (χ0) is 26.3. The van der Waals surface area contributed by atoms with Crippen LogP contribution < -0.4 is 10.0 Å². The lowest BCUT2D eigenvalue weighted by Gasteiger charge is -2.16. The number of benzene rings is 1. The summed E-state index contributed by atoms with van der Waals surface area (Å²) in [6.45, 7) is 8.61. The standard InChI is InChI=1S/C26H36ClN5O3S/c1-5-7-9-15-36(34,35)31-26(33)24-14-13-23-25(30-24)32(19(4)29-23)17-20-11-12-21(16-22(20)27)28-18(3)10-8-6-2/h11-14,16,18,28H,5-10,15,17H2,1-4H3,(H,31,33). The highest BCUT2D eigenvalue weighted by molar-refractivity contribution is 7.90. The summed E-state index contributed by atoms with van der Waals surface area (Å²) in [6.07, 6.45) is 5.62. The maximum absolute atomic E-state index is 12.6. The highest BCUT2D eigenvalue weighted by Gasteiger charge is 2.19. The predicted octanol–water partition coefficient (Wildman–Crippen LogP) is 5.68. The second-order valence-electron chi connectivity index (χ2n) is 9.24. The van der Waals surface area contributed by atoms with Crippen LogP contribution in [0.2, 0.25) is 5.02 Å². The Balaban J connectivity index is 1.79. The molecular weight excluding hydrogens is 498 g/mol. The summed E-state index contributed by atoms with van der Waals surface area (Å²) in [5, 5.41) is 4.11. The number of nitrogens with one attached hydrogen (secondary N) is 2. The number of hydrogen-bond acceptors (Lipinski definition) is 6. The van der Waals surface area contributed by atoms with Gasteiger partial charge in [0.25, 0.3) is 5.91 Å². The molecule has 0 fully saturated rings. The van der Waals surface area contributed by atoms with E-state index in [2.05, 4.69) is 33.9 Å². The summed E-state index contributed by atoms with van der Waals surface area (Å²) in [5.74, 6) is -0.120. The fraction of sp³-hybridized carbons (Fsp3) is 0.500. The summed E-state index contributed by atoms with van der Waals surface area (Å²) in [4.78, 5) is 21.6. The van der Waals surface area contributed by atoms with Crippen molar-refractivity contribution in [1.82, 2.24) is 19.3 Å². The van der Waals surface area contributed by atoms with Crippen molar-refractivity contribution in [2.75, 3.05) is 11.1 Å². The van der Waals surface area contributed by atoms with Crippen molar-refractivity contribution in [2.45, 2.75) is 78.8 Å². The van der Waals surface area contributed by atoms with Crippen molar-refractivity contribution in [3.63, 3.8) is 0 Å². The third kappa shape index (κ3) is 7.43. The fourth-order valence-corrected chi connectivity index (χ4v) is 5.33. The third-order valence-electron chi connectivity index (χ3n) is 6.07. The lowest BCUT2D eigenvalue weighted by molar-refractivity contribution is 0.0977. The van der Waals surface area contributed by atoms with Gasteiger partial charge in [-0.25, -0.2) is 23.1 Å². The predicted molar refractivity (Wildman–Crippen MR) is 146 cm³/mol. The Morgan fingerprint density at radius 2 is 1.83 bits per heavy atom. The molecule has 0 radical (unpaired) electrons. The molecule has 1 aromatic carbocycles. The van der Waals surface area contributed by atoms with Crippen molar-refractivity contribution in [3.05, 3.63) is 52.4 Å². The summed E-state index contributed by atoms with van der Waals surface area (Å²) in [6, 6.07) is 9.43. The van der Waals surface area contributed by atoms with Crippen LogP contribution in [0.4, 0.5) is 5.69 Å². The van der Waals surface area contributed by atoms with Gasteiger partial charge in [0.2, 0.25) is 10.0 Å². The summed E-state index contributed by atoms with van der Waals surface area (Å²) in [5.41, 5.74) is 3.00. The maximum atomic E-state index is 12.6. The number of aromatic nitrogens is 3. The molecule has 8 nitrogen and oxygen atoms in total. The van der Waals surface area contributed by atoms with E-state index in [9.17, 15) is 13.2 Å². The molecule has 2 N–H and O–H groups in total. The first-order valence-electron chi connectivity index (χ1n) is 12.6. The molecule has 3 rings (SSSR count). The second-order valence-corrected chi connectivity index (χ2v) is 11.5. The number of amides is 1. The van der Waals surface area contributed by atoms with Crippen LogP contribution in [0.3, 0.4) is 0 Å². The van der Waals surface area contributed by atoms with E-state index in [0.717, 1.165) is 36.9 Å². The number of fused-ring (bicyclic) bond motifs is 1. The quantitative estimate of drug-likeness (QED) is 0.274. The Hall–Kier alpha value is -2.65. The number of pyridine rings is 1. The number of carbonyl (C=O) groups excluding carboxylic acids is 1. The first kappa shape index (κ1) is 27.9. The number of sulfonamides is 1. The van der Waals surface area contributed by atoms with E-state index in [1.165, 1.54) is 12.5 Å². The molecule has 0 aliphatic rings. The molecule has 3 aromatic rings. The first-order valence-corrected chi connectivity index (χ1v) is 14.6. The zero-order valence-electron chi connectivity index (χ0n) is 21.5. The van der Waals surface area contributed by atoms with Gasteiger partial charge in [0, 0.05) is 16.8 Å². The minimum atomic E-state index is -3.72. The maximum Gasteiger partial charge on any atom is 0.283 e. The number of imidazole rings is 1. The van der Waals surface area contributed by atoms with Gasteiger partial charge in [-0.2, -0.15) is 0 Å². The molecule has 1 unspecified atom stereocenters. The average Bonchev–Trinajstić information content (AvgIpc) is 3.13. The van der Waals surface area contributed by atoms with Gasteiger partial charge in [-0.15, -0.1) is 0 Å². The highest BCUT2D eigenvalue weighted by Crippen LogP contribution is 2.25. The van der Waals surface area contributed by atoms with Crippen LogP contribution in [0.25, 0.3) is 11.2 Å². The fourth-order valence-electron chi connectivity index (χ4n) is 4.02. The number of anilines is 1. The third-order valence-corrected chi connectivity index (χ3v) is 7.74. The molecular formula is C26H36ClN5O3S. The van der Waals surface area contributed by atoms with E-state index in [1.54, 1.807) is 6.07 Å². The first-order chi connectivity index (χ1) is 17.1. The van der Waals surface area contributed by atoms with E-state index in [-0.39, 0.29) is 11.4 Å². The van der Waals surface area contributed by atoms with Gasteiger partial charge < -0.3 is 9.88 Å². The molecule has 1 atom stereocenters. The van der Waals surface area contributed by atoms with Crippen molar-refractivity contribution >= 4 is 44.4 Å². The normalized spacial score (nSPS) is 12.6. The molecule has 0 aliphatic carbocycles. The van der Waals surface area contributed by atoms with Gasteiger partial charge in [-0.3, -0.25) is 4.79 Å². The van der Waals surface area contributed by atoms with Gasteiger partial charge in [0.15, 0.2) is 5.65 Å².